The van der Waals surface area contributed by atoms with Gasteiger partial charge in [0.15, 0.2) is 0 Å². The van der Waals surface area contributed by atoms with Gasteiger partial charge < -0.3 is 5.32 Å². The smallest absolute Gasteiger partial charge is 0.0991 e. The fraction of sp³-hybridized carbons (Fsp3) is 0.235. The quantitative estimate of drug-likeness (QED) is 0.774. The van der Waals surface area contributed by atoms with E-state index in [1.165, 1.54) is 22.4 Å². The van der Waals surface area contributed by atoms with E-state index in [-0.39, 0.29) is 0 Å². The first-order valence-corrected chi connectivity index (χ1v) is 6.72. The van der Waals surface area contributed by atoms with Crippen molar-refractivity contribution < 1.29 is 0 Å². The van der Waals surface area contributed by atoms with E-state index in [9.17, 15) is 0 Å². The van der Waals surface area contributed by atoms with Crippen LogP contribution >= 0.6 is 0 Å². The Hall–Kier alpha value is -2.27. The number of anilines is 1. The van der Waals surface area contributed by atoms with Crippen LogP contribution in [0.4, 0.5) is 5.69 Å². The molecule has 2 nitrogen and oxygen atoms in total. The van der Waals surface area contributed by atoms with Crippen molar-refractivity contribution in [3.05, 3.63) is 64.7 Å². The summed E-state index contributed by atoms with van der Waals surface area (Å²) >= 11 is 0. The minimum absolute atomic E-state index is 0.459. The van der Waals surface area contributed by atoms with Gasteiger partial charge in [-0.1, -0.05) is 24.3 Å². The fourth-order valence-electron chi connectivity index (χ4n) is 3.58. The third-order valence-corrected chi connectivity index (χ3v) is 4.41. The van der Waals surface area contributed by atoms with Crippen molar-refractivity contribution in [1.82, 2.24) is 0 Å². The van der Waals surface area contributed by atoms with E-state index in [1.807, 2.05) is 12.1 Å². The SMILES string of the molecule is N#Cc1ccc2c(c1)C1c3ccccc3CC1CN2. The molecule has 92 valence electrons. The highest BCUT2D eigenvalue weighted by molar-refractivity contribution is 5.62. The zero-order valence-corrected chi connectivity index (χ0v) is 10.6. The molecule has 0 saturated heterocycles. The van der Waals surface area contributed by atoms with E-state index in [2.05, 4.69) is 41.7 Å². The fourth-order valence-corrected chi connectivity index (χ4v) is 3.58. The third-order valence-electron chi connectivity index (χ3n) is 4.41. The van der Waals surface area contributed by atoms with Crippen molar-refractivity contribution in [1.29, 1.82) is 5.26 Å². The van der Waals surface area contributed by atoms with Crippen molar-refractivity contribution in [2.24, 2.45) is 5.92 Å². The molecule has 0 amide bonds. The number of benzene rings is 2. The molecule has 0 bridgehead atoms. The zero-order chi connectivity index (χ0) is 12.8. The van der Waals surface area contributed by atoms with Crippen LogP contribution in [0, 0.1) is 17.2 Å². The second kappa shape index (κ2) is 3.86. The van der Waals surface area contributed by atoms with Crippen LogP contribution in [0.1, 0.15) is 28.2 Å². The van der Waals surface area contributed by atoms with Gasteiger partial charge in [-0.25, -0.2) is 0 Å². The van der Waals surface area contributed by atoms with Gasteiger partial charge in [-0.15, -0.1) is 0 Å². The van der Waals surface area contributed by atoms with E-state index in [0.717, 1.165) is 18.5 Å². The number of hydrogen-bond donors (Lipinski definition) is 1. The summed E-state index contributed by atoms with van der Waals surface area (Å²) in [6.07, 6.45) is 1.14. The molecule has 0 fully saturated rings. The molecule has 2 aromatic carbocycles. The molecular weight excluding hydrogens is 232 g/mol. The Balaban J connectivity index is 1.91. The van der Waals surface area contributed by atoms with E-state index in [4.69, 9.17) is 5.26 Å². The van der Waals surface area contributed by atoms with E-state index in [1.54, 1.807) is 0 Å². The number of fused-ring (bicyclic) bond motifs is 5. The highest BCUT2D eigenvalue weighted by atomic mass is 14.9. The van der Waals surface area contributed by atoms with Crippen LogP contribution in [-0.2, 0) is 6.42 Å². The molecule has 2 unspecified atom stereocenters. The van der Waals surface area contributed by atoms with E-state index in [0.29, 0.717) is 11.8 Å². The molecule has 19 heavy (non-hydrogen) atoms. The molecule has 1 N–H and O–H groups in total. The lowest BCUT2D eigenvalue weighted by molar-refractivity contribution is 0.516. The normalized spacial score (nSPS) is 22.7. The van der Waals surface area contributed by atoms with Gasteiger partial charge in [-0.2, -0.15) is 5.26 Å². The maximum absolute atomic E-state index is 9.10. The topological polar surface area (TPSA) is 35.8 Å². The average Bonchev–Trinajstić information content (AvgIpc) is 2.85. The molecule has 4 rings (SSSR count). The average molecular weight is 246 g/mol. The van der Waals surface area contributed by atoms with Crippen LogP contribution in [0.25, 0.3) is 0 Å². The summed E-state index contributed by atoms with van der Waals surface area (Å²) < 4.78 is 0. The number of nitriles is 1. The molecular formula is C17H14N2. The third kappa shape index (κ3) is 1.48. The summed E-state index contributed by atoms with van der Waals surface area (Å²) in [6.45, 7) is 1.03. The van der Waals surface area contributed by atoms with Crippen LogP contribution in [0.2, 0.25) is 0 Å². The second-order valence-electron chi connectivity index (χ2n) is 5.44. The standard InChI is InChI=1S/C17H14N2/c18-9-11-5-6-16-15(7-11)17-13(10-19-16)8-12-3-1-2-4-14(12)17/h1-7,13,17,19H,8,10H2. The molecule has 1 aliphatic carbocycles. The van der Waals surface area contributed by atoms with Gasteiger partial charge in [0.2, 0.25) is 0 Å². The molecule has 1 heterocycles. The number of hydrogen-bond acceptors (Lipinski definition) is 2. The van der Waals surface area contributed by atoms with Crippen molar-refractivity contribution in [2.45, 2.75) is 12.3 Å². The van der Waals surface area contributed by atoms with Crippen molar-refractivity contribution in [3.63, 3.8) is 0 Å². The predicted octanol–water partition coefficient (Wildman–Crippen LogP) is 3.29. The molecule has 2 aromatic rings. The van der Waals surface area contributed by atoms with Gasteiger partial charge in [0.05, 0.1) is 11.6 Å². The lowest BCUT2D eigenvalue weighted by Gasteiger charge is -2.30. The Kier molecular flexibility index (Phi) is 2.16. The van der Waals surface area contributed by atoms with Gasteiger partial charge in [0.1, 0.15) is 0 Å². The largest absolute Gasteiger partial charge is 0.384 e. The lowest BCUT2D eigenvalue weighted by atomic mass is 9.81. The summed E-state index contributed by atoms with van der Waals surface area (Å²) in [5.41, 5.74) is 6.16. The van der Waals surface area contributed by atoms with Gasteiger partial charge in [0, 0.05) is 18.2 Å². The Morgan fingerprint density at radius 1 is 1.11 bits per heavy atom. The Morgan fingerprint density at radius 3 is 2.89 bits per heavy atom. The molecule has 0 radical (unpaired) electrons. The van der Waals surface area contributed by atoms with Crippen LogP contribution < -0.4 is 5.32 Å². The van der Waals surface area contributed by atoms with Crippen molar-refractivity contribution >= 4 is 5.69 Å². The summed E-state index contributed by atoms with van der Waals surface area (Å²) in [5, 5.41) is 12.6. The maximum Gasteiger partial charge on any atom is 0.0991 e. The van der Waals surface area contributed by atoms with Crippen LogP contribution in [0.3, 0.4) is 0 Å². The Labute approximate surface area is 112 Å². The molecule has 2 heteroatoms. The molecule has 2 aliphatic rings. The molecule has 2 atom stereocenters. The lowest BCUT2D eigenvalue weighted by Crippen LogP contribution is -2.25. The molecule has 1 aliphatic heterocycles. The predicted molar refractivity (Wildman–Crippen MR) is 75.1 cm³/mol. The first-order valence-electron chi connectivity index (χ1n) is 6.72. The molecule has 0 aromatic heterocycles. The zero-order valence-electron chi connectivity index (χ0n) is 10.6. The van der Waals surface area contributed by atoms with Crippen molar-refractivity contribution in [2.75, 3.05) is 11.9 Å². The second-order valence-corrected chi connectivity index (χ2v) is 5.44. The summed E-state index contributed by atoms with van der Waals surface area (Å²) in [5.74, 6) is 1.08. The minimum atomic E-state index is 0.459. The van der Waals surface area contributed by atoms with Gasteiger partial charge in [-0.05, 0) is 47.2 Å². The number of nitrogens with zero attached hydrogens (tertiary/aromatic N) is 1. The van der Waals surface area contributed by atoms with Gasteiger partial charge in [0.25, 0.3) is 0 Å². The Bertz CT molecular complexity index is 697. The van der Waals surface area contributed by atoms with E-state index < -0.39 is 0 Å². The first-order chi connectivity index (χ1) is 9.36. The van der Waals surface area contributed by atoms with Crippen molar-refractivity contribution in [3.8, 4) is 6.07 Å². The maximum atomic E-state index is 9.10. The summed E-state index contributed by atoms with van der Waals surface area (Å²) in [4.78, 5) is 0. The first kappa shape index (κ1) is 10.6. The number of rotatable bonds is 0. The highest BCUT2D eigenvalue weighted by Crippen LogP contribution is 2.47. The van der Waals surface area contributed by atoms with E-state index >= 15 is 0 Å². The minimum Gasteiger partial charge on any atom is -0.384 e. The van der Waals surface area contributed by atoms with Crippen LogP contribution in [-0.4, -0.2) is 6.54 Å². The van der Waals surface area contributed by atoms with Gasteiger partial charge in [-0.3, -0.25) is 0 Å². The summed E-state index contributed by atoms with van der Waals surface area (Å²) in [7, 11) is 0. The molecule has 0 saturated carbocycles. The molecule has 0 spiro atoms. The van der Waals surface area contributed by atoms with Crippen LogP contribution in [0.5, 0.6) is 0 Å². The Morgan fingerprint density at radius 2 is 2.00 bits per heavy atom. The van der Waals surface area contributed by atoms with Gasteiger partial charge >= 0.3 is 0 Å². The summed E-state index contributed by atoms with van der Waals surface area (Å²) in [6, 6.07) is 17.0. The monoisotopic (exact) mass is 246 g/mol. The highest BCUT2D eigenvalue weighted by Gasteiger charge is 2.37. The van der Waals surface area contributed by atoms with Crippen LogP contribution in [0.15, 0.2) is 42.5 Å². The number of nitrogens with one attached hydrogen (secondary N) is 1.